The van der Waals surface area contributed by atoms with Crippen LogP contribution in [0.5, 0.6) is 0 Å². The summed E-state index contributed by atoms with van der Waals surface area (Å²) in [5.41, 5.74) is 0.312. The van der Waals surface area contributed by atoms with Crippen LogP contribution < -0.4 is 10.6 Å². The van der Waals surface area contributed by atoms with E-state index < -0.39 is 15.9 Å². The molecule has 2 N–H and O–H groups in total. The molecule has 1 heterocycles. The Morgan fingerprint density at radius 3 is 2.79 bits per heavy atom. The number of fused-ring (bicyclic) bond motifs is 1. The van der Waals surface area contributed by atoms with Gasteiger partial charge < -0.3 is 10.6 Å². The lowest BCUT2D eigenvalue weighted by Gasteiger charge is -2.22. The summed E-state index contributed by atoms with van der Waals surface area (Å²) < 4.78 is 28.0. The van der Waals surface area contributed by atoms with E-state index in [1.54, 1.807) is 6.07 Å². The van der Waals surface area contributed by atoms with Crippen LogP contribution in [0.1, 0.15) is 38.5 Å². The zero-order valence-electron chi connectivity index (χ0n) is 13.2. The van der Waals surface area contributed by atoms with E-state index in [2.05, 4.69) is 15.0 Å². The number of nitrogens with one attached hydrogen (secondary N) is 2. The molecule has 1 amide bonds. The maximum Gasteiger partial charge on any atom is 0.287 e. The zero-order chi connectivity index (χ0) is 17.2. The number of amidine groups is 1. The summed E-state index contributed by atoms with van der Waals surface area (Å²) >= 11 is 5.83. The second-order valence-electron chi connectivity index (χ2n) is 6.23. The predicted molar refractivity (Wildman–Crippen MR) is 93.9 cm³/mol. The van der Waals surface area contributed by atoms with Crippen molar-refractivity contribution < 1.29 is 13.2 Å². The molecule has 0 aromatic heterocycles. The van der Waals surface area contributed by atoms with Gasteiger partial charge in [0, 0.05) is 11.6 Å². The van der Waals surface area contributed by atoms with Gasteiger partial charge in [-0.25, -0.2) is 0 Å². The normalized spacial score (nSPS) is 19.8. The predicted octanol–water partition coefficient (Wildman–Crippen LogP) is 2.94. The number of hydrogen-bond donors (Lipinski definition) is 2. The molecular weight excluding hydrogens is 350 g/mol. The summed E-state index contributed by atoms with van der Waals surface area (Å²) in [6.45, 7) is 0.526. The largest absolute Gasteiger partial charge is 0.349 e. The van der Waals surface area contributed by atoms with Gasteiger partial charge in [-0.3, -0.25) is 4.79 Å². The van der Waals surface area contributed by atoms with Crippen LogP contribution in [0.4, 0.5) is 5.69 Å². The molecule has 1 aromatic carbocycles. The molecule has 3 rings (SSSR count). The van der Waals surface area contributed by atoms with Crippen LogP contribution in [0.15, 0.2) is 27.5 Å². The molecule has 1 aliphatic heterocycles. The second kappa shape index (κ2) is 7.11. The monoisotopic (exact) mass is 369 g/mol. The first-order valence-electron chi connectivity index (χ1n) is 8.15. The van der Waals surface area contributed by atoms with Gasteiger partial charge in [0.15, 0.2) is 0 Å². The van der Waals surface area contributed by atoms with Crippen molar-refractivity contribution in [2.75, 3.05) is 11.9 Å². The Hall–Kier alpha value is -1.60. The topological polar surface area (TPSA) is 87.6 Å². The third kappa shape index (κ3) is 3.89. The standard InChI is InChI=1S/C16H20ClN3O3S/c17-12-6-7-13-14(10-12)24(22,23)20-15(19-13)16(21)18-9-8-11-4-2-1-3-5-11/h6-7,10-11H,1-5,8-9H2,(H,18,21)(H,19,20). The summed E-state index contributed by atoms with van der Waals surface area (Å²) in [6, 6.07) is 4.41. The number of halogens is 1. The molecule has 0 unspecified atom stereocenters. The van der Waals surface area contributed by atoms with Gasteiger partial charge >= 0.3 is 0 Å². The van der Waals surface area contributed by atoms with Gasteiger partial charge in [0.05, 0.1) is 5.69 Å². The summed E-state index contributed by atoms with van der Waals surface area (Å²) in [7, 11) is -3.92. The molecule has 0 atom stereocenters. The van der Waals surface area contributed by atoms with Crippen LogP contribution in [-0.2, 0) is 14.8 Å². The fourth-order valence-corrected chi connectivity index (χ4v) is 4.56. The molecule has 130 valence electrons. The maximum atomic E-state index is 12.2. The van der Waals surface area contributed by atoms with Crippen LogP contribution in [0.25, 0.3) is 0 Å². The van der Waals surface area contributed by atoms with Gasteiger partial charge in [-0.1, -0.05) is 43.7 Å². The highest BCUT2D eigenvalue weighted by atomic mass is 35.5. The van der Waals surface area contributed by atoms with Crippen LogP contribution >= 0.6 is 11.6 Å². The highest BCUT2D eigenvalue weighted by molar-refractivity contribution is 7.90. The first-order chi connectivity index (χ1) is 11.5. The van der Waals surface area contributed by atoms with Crippen molar-refractivity contribution in [3.8, 4) is 0 Å². The fraction of sp³-hybridized carbons (Fsp3) is 0.500. The number of amides is 1. The number of carbonyl (C=O) groups excluding carboxylic acids is 1. The molecule has 0 spiro atoms. The SMILES string of the molecule is O=C(NCCC1CCCCC1)C1=NS(=O)(=O)c2cc(Cl)ccc2N1. The first kappa shape index (κ1) is 17.2. The Bertz CT molecular complexity index is 771. The summed E-state index contributed by atoms with van der Waals surface area (Å²) in [5, 5.41) is 5.83. The molecule has 2 aliphatic rings. The van der Waals surface area contributed by atoms with Crippen LogP contribution in [0, 0.1) is 5.92 Å². The van der Waals surface area contributed by atoms with E-state index in [-0.39, 0.29) is 10.7 Å². The number of carbonyl (C=O) groups is 1. The van der Waals surface area contributed by atoms with Crippen molar-refractivity contribution in [2.24, 2.45) is 10.3 Å². The lowest BCUT2D eigenvalue weighted by Crippen LogP contribution is -2.39. The molecule has 0 bridgehead atoms. The van der Waals surface area contributed by atoms with Gasteiger partial charge in [-0.15, -0.1) is 4.40 Å². The van der Waals surface area contributed by atoms with Crippen LogP contribution in [0.2, 0.25) is 5.02 Å². The van der Waals surface area contributed by atoms with Crippen molar-refractivity contribution >= 4 is 39.1 Å². The third-order valence-electron chi connectivity index (χ3n) is 4.46. The molecule has 0 saturated heterocycles. The highest BCUT2D eigenvalue weighted by Gasteiger charge is 2.28. The molecule has 1 fully saturated rings. The Morgan fingerprint density at radius 2 is 2.04 bits per heavy atom. The van der Waals surface area contributed by atoms with E-state index in [1.165, 1.54) is 44.2 Å². The van der Waals surface area contributed by atoms with E-state index in [4.69, 9.17) is 11.6 Å². The Labute approximate surface area is 146 Å². The van der Waals surface area contributed by atoms with Crippen LogP contribution in [0.3, 0.4) is 0 Å². The van der Waals surface area contributed by atoms with Crippen LogP contribution in [-0.4, -0.2) is 26.7 Å². The van der Waals surface area contributed by atoms with Crippen molar-refractivity contribution in [1.82, 2.24) is 5.32 Å². The number of rotatable bonds is 4. The summed E-state index contributed by atoms with van der Waals surface area (Å²) in [6.07, 6.45) is 7.13. The minimum absolute atomic E-state index is 0.0197. The minimum atomic E-state index is -3.92. The molecule has 6 nitrogen and oxygen atoms in total. The van der Waals surface area contributed by atoms with Gasteiger partial charge in [0.2, 0.25) is 5.84 Å². The number of benzene rings is 1. The van der Waals surface area contributed by atoms with E-state index in [1.807, 2.05) is 0 Å². The lowest BCUT2D eigenvalue weighted by atomic mass is 9.87. The summed E-state index contributed by atoms with van der Waals surface area (Å²) in [5.74, 6) is -0.0599. The first-order valence-corrected chi connectivity index (χ1v) is 9.97. The van der Waals surface area contributed by atoms with Gasteiger partial charge in [0.1, 0.15) is 4.90 Å². The molecular formula is C16H20ClN3O3S. The smallest absolute Gasteiger partial charge is 0.287 e. The molecule has 1 aromatic rings. The van der Waals surface area contributed by atoms with Gasteiger partial charge in [0.25, 0.3) is 15.9 Å². The highest BCUT2D eigenvalue weighted by Crippen LogP contribution is 2.30. The number of nitrogens with zero attached hydrogens (tertiary/aromatic N) is 1. The molecule has 0 radical (unpaired) electrons. The molecule has 1 saturated carbocycles. The van der Waals surface area contributed by atoms with E-state index >= 15 is 0 Å². The molecule has 8 heteroatoms. The Kier molecular flexibility index (Phi) is 5.10. The lowest BCUT2D eigenvalue weighted by molar-refractivity contribution is -0.114. The Balaban J connectivity index is 1.63. The van der Waals surface area contributed by atoms with E-state index in [0.717, 1.165) is 6.42 Å². The fourth-order valence-electron chi connectivity index (χ4n) is 3.18. The van der Waals surface area contributed by atoms with E-state index in [9.17, 15) is 13.2 Å². The van der Waals surface area contributed by atoms with Gasteiger partial charge in [-0.2, -0.15) is 8.42 Å². The van der Waals surface area contributed by atoms with Gasteiger partial charge in [-0.05, 0) is 30.5 Å². The van der Waals surface area contributed by atoms with Crippen molar-refractivity contribution in [2.45, 2.75) is 43.4 Å². The van der Waals surface area contributed by atoms with Crippen molar-refractivity contribution in [3.05, 3.63) is 23.2 Å². The minimum Gasteiger partial charge on any atom is -0.349 e. The number of sulfonamides is 1. The third-order valence-corrected chi connectivity index (χ3v) is 6.02. The average Bonchev–Trinajstić information content (AvgIpc) is 2.56. The number of anilines is 1. The van der Waals surface area contributed by atoms with Crippen molar-refractivity contribution in [3.63, 3.8) is 0 Å². The second-order valence-corrected chi connectivity index (χ2v) is 8.24. The van der Waals surface area contributed by atoms with Crippen molar-refractivity contribution in [1.29, 1.82) is 0 Å². The molecule has 1 aliphatic carbocycles. The maximum absolute atomic E-state index is 12.2. The zero-order valence-corrected chi connectivity index (χ0v) is 14.8. The quantitative estimate of drug-likeness (QED) is 0.854. The van der Waals surface area contributed by atoms with E-state index in [0.29, 0.717) is 23.2 Å². The summed E-state index contributed by atoms with van der Waals surface area (Å²) in [4.78, 5) is 12.2. The molecule has 24 heavy (non-hydrogen) atoms. The average molecular weight is 370 g/mol. The number of hydrogen-bond acceptors (Lipinski definition) is 4. The Morgan fingerprint density at radius 1 is 1.29 bits per heavy atom.